The Hall–Kier alpha value is -2.69. The summed E-state index contributed by atoms with van der Waals surface area (Å²) in [5.74, 6) is 1.61. The minimum absolute atomic E-state index is 0.0570. The zero-order valence-corrected chi connectivity index (χ0v) is 17.9. The van der Waals surface area contributed by atoms with Crippen LogP contribution in [-0.4, -0.2) is 25.2 Å². The van der Waals surface area contributed by atoms with Crippen LogP contribution in [0, 0.1) is 0 Å². The third kappa shape index (κ3) is 9.37. The highest BCUT2D eigenvalue weighted by molar-refractivity contribution is 5.80. The van der Waals surface area contributed by atoms with E-state index in [4.69, 9.17) is 9.47 Å². The Labute approximate surface area is 174 Å². The number of carbonyl (C=O) groups is 1. The van der Waals surface area contributed by atoms with Gasteiger partial charge in [0.15, 0.2) is 0 Å². The molecule has 1 amide bonds. The maximum Gasteiger partial charge on any atom is 0.239 e. The van der Waals surface area contributed by atoms with E-state index in [0.717, 1.165) is 35.8 Å². The Kier molecular flexibility index (Phi) is 9.90. The zero-order chi connectivity index (χ0) is 20.9. The van der Waals surface area contributed by atoms with Gasteiger partial charge in [-0.25, -0.2) is 0 Å². The average Bonchev–Trinajstić information content (AvgIpc) is 2.71. The number of nitrogens with one attached hydrogen (secondary N) is 2. The van der Waals surface area contributed by atoms with E-state index in [2.05, 4.69) is 17.6 Å². The van der Waals surface area contributed by atoms with E-state index in [9.17, 15) is 4.79 Å². The Morgan fingerprint density at radius 3 is 2.52 bits per heavy atom. The van der Waals surface area contributed by atoms with E-state index in [0.29, 0.717) is 6.54 Å². The topological polar surface area (TPSA) is 59.6 Å². The highest BCUT2D eigenvalue weighted by atomic mass is 16.5. The normalized spacial score (nSPS) is 10.6. The lowest BCUT2D eigenvalue weighted by Gasteiger charge is -2.11. The summed E-state index contributed by atoms with van der Waals surface area (Å²) in [6.45, 7) is 7.63. The van der Waals surface area contributed by atoms with Crippen LogP contribution in [0.4, 0.5) is 5.69 Å². The molecule has 2 rings (SSSR count). The van der Waals surface area contributed by atoms with E-state index < -0.39 is 0 Å². The smallest absolute Gasteiger partial charge is 0.239 e. The van der Waals surface area contributed by atoms with E-state index in [1.165, 1.54) is 19.3 Å². The van der Waals surface area contributed by atoms with Crippen molar-refractivity contribution in [3.8, 4) is 11.5 Å². The van der Waals surface area contributed by atoms with Gasteiger partial charge in [-0.1, -0.05) is 44.4 Å². The molecule has 0 aliphatic rings. The summed E-state index contributed by atoms with van der Waals surface area (Å²) in [6, 6.07) is 15.5. The third-order valence-corrected chi connectivity index (χ3v) is 4.34. The standard InChI is InChI=1S/C24H34N2O3/c1-4-5-6-7-15-28-23-10-8-9-21(16-23)25-18-24(27)26-17-20-11-13-22(14-12-20)29-19(2)3/h8-14,16,19,25H,4-7,15,17-18H2,1-3H3,(H,26,27). The quantitative estimate of drug-likeness (QED) is 0.458. The first-order valence-electron chi connectivity index (χ1n) is 10.6. The molecule has 0 bridgehead atoms. The number of hydrogen-bond acceptors (Lipinski definition) is 4. The molecule has 0 aliphatic heterocycles. The van der Waals surface area contributed by atoms with Crippen molar-refractivity contribution in [2.24, 2.45) is 0 Å². The number of ether oxygens (including phenoxy) is 2. The summed E-state index contributed by atoms with van der Waals surface area (Å²) >= 11 is 0. The molecule has 2 aromatic carbocycles. The highest BCUT2D eigenvalue weighted by Crippen LogP contribution is 2.18. The Balaban J connectivity index is 1.70. The van der Waals surface area contributed by atoms with Crippen LogP contribution in [0.2, 0.25) is 0 Å². The van der Waals surface area contributed by atoms with Gasteiger partial charge in [-0.3, -0.25) is 4.79 Å². The molecule has 0 atom stereocenters. The van der Waals surface area contributed by atoms with E-state index >= 15 is 0 Å². The molecule has 29 heavy (non-hydrogen) atoms. The van der Waals surface area contributed by atoms with Crippen molar-refractivity contribution >= 4 is 11.6 Å². The Morgan fingerprint density at radius 1 is 1.00 bits per heavy atom. The lowest BCUT2D eigenvalue weighted by atomic mass is 10.2. The van der Waals surface area contributed by atoms with Crippen LogP contribution >= 0.6 is 0 Å². The number of hydrogen-bond donors (Lipinski definition) is 2. The van der Waals surface area contributed by atoms with Crippen molar-refractivity contribution in [2.75, 3.05) is 18.5 Å². The van der Waals surface area contributed by atoms with Gasteiger partial charge in [0.05, 0.1) is 19.3 Å². The fourth-order valence-corrected chi connectivity index (χ4v) is 2.82. The number of anilines is 1. The fraction of sp³-hybridized carbons (Fsp3) is 0.458. The predicted octanol–water partition coefficient (Wildman–Crippen LogP) is 5.16. The van der Waals surface area contributed by atoms with Crippen LogP contribution in [0.25, 0.3) is 0 Å². The van der Waals surface area contributed by atoms with Crippen molar-refractivity contribution < 1.29 is 14.3 Å². The zero-order valence-electron chi connectivity index (χ0n) is 17.9. The molecule has 0 saturated heterocycles. The van der Waals surface area contributed by atoms with Gasteiger partial charge in [0, 0.05) is 18.3 Å². The first kappa shape index (κ1) is 22.6. The minimum Gasteiger partial charge on any atom is -0.494 e. The van der Waals surface area contributed by atoms with E-state index in [1.807, 2.05) is 62.4 Å². The van der Waals surface area contributed by atoms with Gasteiger partial charge in [0.1, 0.15) is 11.5 Å². The van der Waals surface area contributed by atoms with Crippen LogP contribution in [0.5, 0.6) is 11.5 Å². The summed E-state index contributed by atoms with van der Waals surface area (Å²) in [7, 11) is 0. The molecule has 5 nitrogen and oxygen atoms in total. The molecular weight excluding hydrogens is 364 g/mol. The van der Waals surface area contributed by atoms with Gasteiger partial charge in [0.25, 0.3) is 0 Å². The summed E-state index contributed by atoms with van der Waals surface area (Å²) < 4.78 is 11.4. The lowest BCUT2D eigenvalue weighted by Crippen LogP contribution is -2.29. The van der Waals surface area contributed by atoms with Crippen molar-refractivity contribution in [1.82, 2.24) is 5.32 Å². The molecular formula is C24H34N2O3. The number of unbranched alkanes of at least 4 members (excludes halogenated alkanes) is 3. The number of carbonyl (C=O) groups excluding carboxylic acids is 1. The first-order valence-corrected chi connectivity index (χ1v) is 10.6. The molecule has 2 N–H and O–H groups in total. The molecule has 158 valence electrons. The number of amides is 1. The SMILES string of the molecule is CCCCCCOc1cccc(NCC(=O)NCc2ccc(OC(C)C)cc2)c1. The van der Waals surface area contributed by atoms with Crippen LogP contribution in [-0.2, 0) is 11.3 Å². The van der Waals surface area contributed by atoms with Crippen LogP contribution in [0.3, 0.4) is 0 Å². The molecule has 0 unspecified atom stereocenters. The molecule has 0 heterocycles. The highest BCUT2D eigenvalue weighted by Gasteiger charge is 2.04. The van der Waals surface area contributed by atoms with Gasteiger partial charge in [-0.15, -0.1) is 0 Å². The van der Waals surface area contributed by atoms with Gasteiger partial charge in [-0.05, 0) is 50.1 Å². The maximum absolute atomic E-state index is 12.1. The van der Waals surface area contributed by atoms with Crippen molar-refractivity contribution in [1.29, 1.82) is 0 Å². The Morgan fingerprint density at radius 2 is 1.79 bits per heavy atom. The van der Waals surface area contributed by atoms with Gasteiger partial charge >= 0.3 is 0 Å². The number of rotatable bonds is 13. The second-order valence-corrected chi connectivity index (χ2v) is 7.38. The molecule has 0 spiro atoms. The second-order valence-electron chi connectivity index (χ2n) is 7.38. The van der Waals surface area contributed by atoms with Crippen molar-refractivity contribution in [2.45, 2.75) is 59.1 Å². The minimum atomic E-state index is -0.0570. The average molecular weight is 399 g/mol. The summed E-state index contributed by atoms with van der Waals surface area (Å²) in [5, 5.41) is 6.07. The first-order chi connectivity index (χ1) is 14.1. The van der Waals surface area contributed by atoms with Crippen LogP contribution in [0.1, 0.15) is 52.0 Å². The van der Waals surface area contributed by atoms with Crippen LogP contribution in [0.15, 0.2) is 48.5 Å². The number of benzene rings is 2. The molecule has 5 heteroatoms. The summed E-state index contributed by atoms with van der Waals surface area (Å²) in [4.78, 5) is 12.1. The monoisotopic (exact) mass is 398 g/mol. The molecule has 0 fully saturated rings. The summed E-state index contributed by atoms with van der Waals surface area (Å²) in [5.41, 5.74) is 1.91. The molecule has 2 aromatic rings. The third-order valence-electron chi connectivity index (χ3n) is 4.34. The maximum atomic E-state index is 12.1. The fourth-order valence-electron chi connectivity index (χ4n) is 2.82. The van der Waals surface area contributed by atoms with Crippen LogP contribution < -0.4 is 20.1 Å². The van der Waals surface area contributed by atoms with Gasteiger partial charge in [-0.2, -0.15) is 0 Å². The largest absolute Gasteiger partial charge is 0.494 e. The molecule has 0 radical (unpaired) electrons. The van der Waals surface area contributed by atoms with E-state index in [1.54, 1.807) is 0 Å². The van der Waals surface area contributed by atoms with E-state index in [-0.39, 0.29) is 18.6 Å². The molecule has 0 saturated carbocycles. The molecule has 0 aromatic heterocycles. The van der Waals surface area contributed by atoms with Gasteiger partial charge in [0.2, 0.25) is 5.91 Å². The van der Waals surface area contributed by atoms with Gasteiger partial charge < -0.3 is 20.1 Å². The summed E-state index contributed by atoms with van der Waals surface area (Å²) in [6.07, 6.45) is 4.88. The molecule has 0 aliphatic carbocycles. The Bertz CT molecular complexity index is 729. The lowest BCUT2D eigenvalue weighted by molar-refractivity contribution is -0.119. The van der Waals surface area contributed by atoms with Crippen molar-refractivity contribution in [3.63, 3.8) is 0 Å². The second kappa shape index (κ2) is 12.7. The van der Waals surface area contributed by atoms with Crippen molar-refractivity contribution in [3.05, 3.63) is 54.1 Å². The predicted molar refractivity (Wildman–Crippen MR) is 119 cm³/mol.